The van der Waals surface area contributed by atoms with Gasteiger partial charge in [0.1, 0.15) is 0 Å². The van der Waals surface area contributed by atoms with Gasteiger partial charge in [-0.2, -0.15) is 0 Å². The minimum atomic E-state index is -0.122. The lowest BCUT2D eigenvalue weighted by Crippen LogP contribution is -2.49. The molecule has 0 bridgehead atoms. The van der Waals surface area contributed by atoms with Crippen LogP contribution in [0.2, 0.25) is 0 Å². The van der Waals surface area contributed by atoms with E-state index in [2.05, 4.69) is 60.7 Å². The zero-order valence-corrected chi connectivity index (χ0v) is 11.4. The van der Waals surface area contributed by atoms with Gasteiger partial charge < -0.3 is 5.11 Å². The van der Waals surface area contributed by atoms with E-state index in [-0.39, 0.29) is 11.5 Å². The van der Waals surface area contributed by atoms with E-state index < -0.39 is 0 Å². The third-order valence-corrected chi connectivity index (χ3v) is 5.04. The molecule has 1 aromatic carbocycles. The zero-order chi connectivity index (χ0) is 11.1. The molecule has 15 heavy (non-hydrogen) atoms. The van der Waals surface area contributed by atoms with Gasteiger partial charge in [0.15, 0.2) is 0 Å². The van der Waals surface area contributed by atoms with Gasteiger partial charge >= 0.3 is 0 Å². The van der Waals surface area contributed by atoms with Gasteiger partial charge in [-0.25, -0.2) is 0 Å². The predicted octanol–water partition coefficient (Wildman–Crippen LogP) is 3.56. The van der Waals surface area contributed by atoms with E-state index in [9.17, 15) is 5.11 Å². The lowest BCUT2D eigenvalue weighted by Gasteiger charge is -2.52. The minimum absolute atomic E-state index is 0.0846. The summed E-state index contributed by atoms with van der Waals surface area (Å²) in [5.41, 5.74) is 1.49. The molecule has 0 radical (unpaired) electrons. The lowest BCUT2D eigenvalue weighted by atomic mass is 9.55. The summed E-state index contributed by atoms with van der Waals surface area (Å²) in [4.78, 5) is 0. The van der Waals surface area contributed by atoms with Crippen molar-refractivity contribution in [2.45, 2.75) is 38.7 Å². The van der Waals surface area contributed by atoms with Gasteiger partial charge in [0.25, 0.3) is 0 Å². The maximum absolute atomic E-state index is 9.89. The Bertz CT molecular complexity index is 363. The van der Waals surface area contributed by atoms with Gasteiger partial charge in [-0.15, -0.1) is 0 Å². The fraction of sp³-hybridized carbons (Fsp3) is 0.538. The summed E-state index contributed by atoms with van der Waals surface area (Å²) >= 11 is 2.39. The van der Waals surface area contributed by atoms with Crippen molar-refractivity contribution in [2.75, 3.05) is 0 Å². The highest BCUT2D eigenvalue weighted by Crippen LogP contribution is 2.55. The maximum atomic E-state index is 9.89. The first-order valence-electron chi connectivity index (χ1n) is 5.52. The van der Waals surface area contributed by atoms with Gasteiger partial charge in [-0.1, -0.05) is 32.0 Å². The molecule has 0 amide bonds. The third kappa shape index (κ3) is 1.72. The third-order valence-electron chi connectivity index (χ3n) is 4.06. The molecule has 1 N–H and O–H groups in total. The molecular formula is C13H17IO. The van der Waals surface area contributed by atoms with E-state index in [4.69, 9.17) is 0 Å². The van der Waals surface area contributed by atoms with E-state index in [0.717, 1.165) is 12.8 Å². The Labute approximate surface area is 105 Å². The molecule has 1 saturated carbocycles. The van der Waals surface area contributed by atoms with Crippen LogP contribution in [-0.2, 0) is 0 Å². The molecule has 0 aliphatic heterocycles. The average Bonchev–Trinajstić information content (AvgIpc) is 2.26. The standard InChI is InChI=1S/C13H17IO/c1-3-13(2)10(8-12(13)15)9-6-4-5-7-11(9)14/h4-7,10,12,15H,3,8H2,1-2H3. The van der Waals surface area contributed by atoms with Crippen LogP contribution in [0.15, 0.2) is 24.3 Å². The first-order chi connectivity index (χ1) is 7.09. The summed E-state index contributed by atoms with van der Waals surface area (Å²) in [6, 6.07) is 8.52. The number of halogens is 1. The van der Waals surface area contributed by atoms with Crippen LogP contribution >= 0.6 is 22.6 Å². The summed E-state index contributed by atoms with van der Waals surface area (Å²) in [6.07, 6.45) is 1.84. The Morgan fingerprint density at radius 2 is 2.13 bits per heavy atom. The number of aliphatic hydroxyl groups excluding tert-OH is 1. The summed E-state index contributed by atoms with van der Waals surface area (Å²) < 4.78 is 1.33. The lowest BCUT2D eigenvalue weighted by molar-refractivity contribution is -0.0780. The topological polar surface area (TPSA) is 20.2 Å². The molecule has 1 aliphatic carbocycles. The molecule has 3 unspecified atom stereocenters. The highest BCUT2D eigenvalue weighted by Gasteiger charge is 2.50. The number of benzene rings is 1. The first kappa shape index (κ1) is 11.4. The van der Waals surface area contributed by atoms with Crippen molar-refractivity contribution in [2.24, 2.45) is 5.41 Å². The Balaban J connectivity index is 2.31. The summed E-state index contributed by atoms with van der Waals surface area (Å²) in [5.74, 6) is 0.533. The molecular weight excluding hydrogens is 299 g/mol. The van der Waals surface area contributed by atoms with Crippen LogP contribution in [0.25, 0.3) is 0 Å². The summed E-state index contributed by atoms with van der Waals surface area (Å²) in [5, 5.41) is 9.89. The molecule has 82 valence electrons. The van der Waals surface area contributed by atoms with Crippen molar-refractivity contribution in [1.82, 2.24) is 0 Å². The molecule has 1 fully saturated rings. The van der Waals surface area contributed by atoms with E-state index >= 15 is 0 Å². The van der Waals surface area contributed by atoms with Crippen LogP contribution in [-0.4, -0.2) is 11.2 Å². The van der Waals surface area contributed by atoms with Crippen molar-refractivity contribution < 1.29 is 5.11 Å². The van der Waals surface area contributed by atoms with Gasteiger partial charge in [0, 0.05) is 8.99 Å². The van der Waals surface area contributed by atoms with Gasteiger partial charge in [0.2, 0.25) is 0 Å². The van der Waals surface area contributed by atoms with Crippen molar-refractivity contribution >= 4 is 22.6 Å². The SMILES string of the molecule is CCC1(C)C(O)CC1c1ccccc1I. The average molecular weight is 316 g/mol. The van der Waals surface area contributed by atoms with Crippen LogP contribution < -0.4 is 0 Å². The zero-order valence-electron chi connectivity index (χ0n) is 9.20. The minimum Gasteiger partial charge on any atom is -0.393 e. The molecule has 2 heteroatoms. The van der Waals surface area contributed by atoms with Crippen molar-refractivity contribution in [1.29, 1.82) is 0 Å². The van der Waals surface area contributed by atoms with Crippen molar-refractivity contribution in [3.63, 3.8) is 0 Å². The Morgan fingerprint density at radius 3 is 2.67 bits per heavy atom. The second-order valence-corrected chi connectivity index (χ2v) is 5.85. The van der Waals surface area contributed by atoms with E-state index in [0.29, 0.717) is 5.92 Å². The van der Waals surface area contributed by atoms with E-state index in [1.165, 1.54) is 9.13 Å². The summed E-state index contributed by atoms with van der Waals surface area (Å²) in [7, 11) is 0. The molecule has 0 aromatic heterocycles. The Morgan fingerprint density at radius 1 is 1.47 bits per heavy atom. The molecule has 1 nitrogen and oxygen atoms in total. The monoisotopic (exact) mass is 316 g/mol. The number of rotatable bonds is 2. The smallest absolute Gasteiger partial charge is 0.0605 e. The van der Waals surface area contributed by atoms with Crippen LogP contribution in [0.1, 0.15) is 38.2 Å². The van der Waals surface area contributed by atoms with Crippen LogP contribution in [0.5, 0.6) is 0 Å². The van der Waals surface area contributed by atoms with Crippen molar-refractivity contribution in [3.8, 4) is 0 Å². The van der Waals surface area contributed by atoms with Gasteiger partial charge in [-0.05, 0) is 53.0 Å². The maximum Gasteiger partial charge on any atom is 0.0605 e. The number of hydrogen-bond donors (Lipinski definition) is 1. The second kappa shape index (κ2) is 4.06. The van der Waals surface area contributed by atoms with Crippen molar-refractivity contribution in [3.05, 3.63) is 33.4 Å². The molecule has 0 spiro atoms. The highest BCUT2D eigenvalue weighted by molar-refractivity contribution is 14.1. The fourth-order valence-corrected chi connectivity index (χ4v) is 3.32. The molecule has 1 aliphatic rings. The Hall–Kier alpha value is -0.0900. The number of aliphatic hydroxyl groups is 1. The van der Waals surface area contributed by atoms with Gasteiger partial charge in [-0.3, -0.25) is 0 Å². The fourth-order valence-electron chi connectivity index (χ4n) is 2.56. The van der Waals surface area contributed by atoms with Crippen LogP contribution in [0, 0.1) is 8.99 Å². The van der Waals surface area contributed by atoms with E-state index in [1.807, 2.05) is 0 Å². The number of hydrogen-bond acceptors (Lipinski definition) is 1. The molecule has 1 aromatic rings. The quantitative estimate of drug-likeness (QED) is 0.827. The molecule has 0 saturated heterocycles. The van der Waals surface area contributed by atoms with E-state index in [1.54, 1.807) is 0 Å². The molecule has 0 heterocycles. The summed E-state index contributed by atoms with van der Waals surface area (Å²) in [6.45, 7) is 4.38. The largest absolute Gasteiger partial charge is 0.393 e. The van der Waals surface area contributed by atoms with Crippen LogP contribution in [0.4, 0.5) is 0 Å². The predicted molar refractivity (Wildman–Crippen MR) is 70.9 cm³/mol. The van der Waals surface area contributed by atoms with Gasteiger partial charge in [0.05, 0.1) is 6.10 Å². The Kier molecular flexibility index (Phi) is 3.08. The molecule has 2 rings (SSSR count). The molecule has 3 atom stereocenters. The normalized spacial score (nSPS) is 34.9. The first-order valence-corrected chi connectivity index (χ1v) is 6.60. The second-order valence-electron chi connectivity index (χ2n) is 4.68. The highest BCUT2D eigenvalue weighted by atomic mass is 127. The van der Waals surface area contributed by atoms with Crippen LogP contribution in [0.3, 0.4) is 0 Å².